The van der Waals surface area contributed by atoms with Crippen molar-refractivity contribution in [1.29, 1.82) is 0 Å². The van der Waals surface area contributed by atoms with Crippen molar-refractivity contribution >= 4 is 15.9 Å². The van der Waals surface area contributed by atoms with Crippen LogP contribution in [0.25, 0.3) is 0 Å². The average Bonchev–Trinajstić information content (AvgIpc) is 2.01. The highest BCUT2D eigenvalue weighted by atomic mass is 79.9. The SMILES string of the molecule is COCc1nc(O)c(Br)c(=O)[nH]1. The first-order valence-corrected chi connectivity index (χ1v) is 3.91. The quantitative estimate of drug-likeness (QED) is 0.777. The summed E-state index contributed by atoms with van der Waals surface area (Å²) in [5.41, 5.74) is -0.422. The van der Waals surface area contributed by atoms with Crippen molar-refractivity contribution < 1.29 is 9.84 Å². The minimum atomic E-state index is -0.422. The largest absolute Gasteiger partial charge is 0.492 e. The standard InChI is InChI=1S/C6H7BrN2O3/c1-12-2-3-8-5(10)4(7)6(11)9-3/h2H2,1H3,(H2,8,9,10,11). The number of hydrogen-bond donors (Lipinski definition) is 2. The molecule has 0 aliphatic carbocycles. The fourth-order valence-electron chi connectivity index (χ4n) is 0.697. The van der Waals surface area contributed by atoms with E-state index in [1.807, 2.05) is 0 Å². The van der Waals surface area contributed by atoms with E-state index in [2.05, 4.69) is 25.9 Å². The number of ether oxygens (including phenoxy) is 1. The molecule has 0 aromatic carbocycles. The maximum absolute atomic E-state index is 11.0. The Labute approximate surface area is 76.5 Å². The highest BCUT2D eigenvalue weighted by molar-refractivity contribution is 9.10. The first kappa shape index (κ1) is 9.21. The predicted molar refractivity (Wildman–Crippen MR) is 44.9 cm³/mol. The summed E-state index contributed by atoms with van der Waals surface area (Å²) in [6.07, 6.45) is 0. The van der Waals surface area contributed by atoms with Gasteiger partial charge in [-0.25, -0.2) is 0 Å². The molecule has 0 atom stereocenters. The molecule has 1 aromatic heterocycles. The summed E-state index contributed by atoms with van der Waals surface area (Å²) >= 11 is 2.87. The molecule has 1 aromatic rings. The molecule has 2 N–H and O–H groups in total. The number of halogens is 1. The summed E-state index contributed by atoms with van der Waals surface area (Å²) < 4.78 is 4.75. The monoisotopic (exact) mass is 234 g/mol. The molecule has 66 valence electrons. The number of methoxy groups -OCH3 is 1. The van der Waals surface area contributed by atoms with Gasteiger partial charge in [0.1, 0.15) is 16.9 Å². The summed E-state index contributed by atoms with van der Waals surface area (Å²) in [5, 5.41) is 9.07. The lowest BCUT2D eigenvalue weighted by molar-refractivity contribution is 0.176. The number of hydrogen-bond acceptors (Lipinski definition) is 4. The van der Waals surface area contributed by atoms with E-state index < -0.39 is 5.56 Å². The fraction of sp³-hybridized carbons (Fsp3) is 0.333. The number of aromatic nitrogens is 2. The van der Waals surface area contributed by atoms with Crippen molar-refractivity contribution in [2.45, 2.75) is 6.61 Å². The first-order valence-electron chi connectivity index (χ1n) is 3.11. The fourth-order valence-corrected chi connectivity index (χ4v) is 0.885. The van der Waals surface area contributed by atoms with Gasteiger partial charge in [-0.05, 0) is 15.9 Å². The van der Waals surface area contributed by atoms with Crippen LogP contribution in [0.1, 0.15) is 5.82 Å². The van der Waals surface area contributed by atoms with Crippen LogP contribution in [-0.4, -0.2) is 22.2 Å². The van der Waals surface area contributed by atoms with E-state index >= 15 is 0 Å². The lowest BCUT2D eigenvalue weighted by Crippen LogP contribution is -2.12. The Morgan fingerprint density at radius 1 is 1.75 bits per heavy atom. The lowest BCUT2D eigenvalue weighted by atomic mass is 10.5. The average molecular weight is 235 g/mol. The van der Waals surface area contributed by atoms with Crippen LogP contribution >= 0.6 is 15.9 Å². The second-order valence-corrected chi connectivity index (χ2v) is 2.88. The molecule has 0 aliphatic heterocycles. The third-order valence-corrected chi connectivity index (χ3v) is 1.89. The van der Waals surface area contributed by atoms with Crippen molar-refractivity contribution in [2.75, 3.05) is 7.11 Å². The molecule has 6 heteroatoms. The third kappa shape index (κ3) is 1.83. The zero-order valence-electron chi connectivity index (χ0n) is 6.30. The van der Waals surface area contributed by atoms with E-state index in [-0.39, 0.29) is 17.0 Å². The predicted octanol–water partition coefficient (Wildman–Crippen LogP) is 0.384. The highest BCUT2D eigenvalue weighted by Crippen LogP contribution is 2.14. The van der Waals surface area contributed by atoms with Gasteiger partial charge in [-0.3, -0.25) is 4.79 Å². The van der Waals surface area contributed by atoms with Crippen LogP contribution in [0.5, 0.6) is 5.88 Å². The van der Waals surface area contributed by atoms with Gasteiger partial charge in [-0.2, -0.15) is 4.98 Å². The molecule has 1 heterocycles. The molecule has 5 nitrogen and oxygen atoms in total. The number of aromatic amines is 1. The molecule has 0 fully saturated rings. The van der Waals surface area contributed by atoms with Gasteiger partial charge in [0, 0.05) is 7.11 Å². The Bertz CT molecular complexity index is 336. The van der Waals surface area contributed by atoms with Gasteiger partial charge in [0.05, 0.1) is 0 Å². The minimum absolute atomic E-state index is 0.0300. The second-order valence-electron chi connectivity index (χ2n) is 2.08. The van der Waals surface area contributed by atoms with Crippen molar-refractivity contribution in [1.82, 2.24) is 9.97 Å². The summed E-state index contributed by atoms with van der Waals surface area (Å²) in [7, 11) is 1.47. The van der Waals surface area contributed by atoms with Crippen molar-refractivity contribution in [3.8, 4) is 5.88 Å². The second kappa shape index (κ2) is 3.68. The van der Waals surface area contributed by atoms with Crippen molar-refractivity contribution in [3.05, 3.63) is 20.7 Å². The normalized spacial score (nSPS) is 10.2. The molecular weight excluding hydrogens is 228 g/mol. The topological polar surface area (TPSA) is 75.2 Å². The Hall–Kier alpha value is -0.880. The van der Waals surface area contributed by atoms with E-state index in [0.29, 0.717) is 5.82 Å². The van der Waals surface area contributed by atoms with Crippen LogP contribution in [0.2, 0.25) is 0 Å². The van der Waals surface area contributed by atoms with E-state index in [9.17, 15) is 4.79 Å². The molecule has 12 heavy (non-hydrogen) atoms. The molecule has 0 amide bonds. The van der Waals surface area contributed by atoms with Gasteiger partial charge in [0.15, 0.2) is 0 Å². The first-order chi connectivity index (χ1) is 5.65. The summed E-state index contributed by atoms with van der Waals surface area (Å²) in [6, 6.07) is 0. The van der Waals surface area contributed by atoms with Gasteiger partial charge in [0.2, 0.25) is 5.88 Å². The van der Waals surface area contributed by atoms with Crippen LogP contribution in [-0.2, 0) is 11.3 Å². The Kier molecular flexibility index (Phi) is 2.83. The van der Waals surface area contributed by atoms with Gasteiger partial charge in [0.25, 0.3) is 5.56 Å². The van der Waals surface area contributed by atoms with Crippen molar-refractivity contribution in [3.63, 3.8) is 0 Å². The Morgan fingerprint density at radius 3 is 2.92 bits per heavy atom. The van der Waals surface area contributed by atoms with Gasteiger partial charge in [-0.15, -0.1) is 0 Å². The van der Waals surface area contributed by atoms with E-state index in [1.165, 1.54) is 7.11 Å². The zero-order chi connectivity index (χ0) is 9.14. The molecule has 0 bridgehead atoms. The van der Waals surface area contributed by atoms with Gasteiger partial charge >= 0.3 is 0 Å². The van der Waals surface area contributed by atoms with Crippen molar-refractivity contribution in [2.24, 2.45) is 0 Å². The number of nitrogens with one attached hydrogen (secondary N) is 1. The molecule has 1 rings (SSSR count). The molecule has 0 saturated heterocycles. The maximum atomic E-state index is 11.0. The van der Waals surface area contributed by atoms with E-state index in [1.54, 1.807) is 0 Å². The number of nitrogens with zero attached hydrogens (tertiary/aromatic N) is 1. The maximum Gasteiger partial charge on any atom is 0.269 e. The molecule has 0 saturated carbocycles. The van der Waals surface area contributed by atoms with Gasteiger partial charge in [-0.1, -0.05) is 0 Å². The molecule has 0 aliphatic rings. The number of H-pyrrole nitrogens is 1. The molecule has 0 unspecified atom stereocenters. The molecule has 0 radical (unpaired) electrons. The van der Waals surface area contributed by atoms with Crippen LogP contribution in [0.4, 0.5) is 0 Å². The minimum Gasteiger partial charge on any atom is -0.492 e. The third-order valence-electron chi connectivity index (χ3n) is 1.18. The van der Waals surface area contributed by atoms with Crippen LogP contribution in [0.3, 0.4) is 0 Å². The number of rotatable bonds is 2. The highest BCUT2D eigenvalue weighted by Gasteiger charge is 2.06. The van der Waals surface area contributed by atoms with Gasteiger partial charge < -0.3 is 14.8 Å². The summed E-state index contributed by atoms with van der Waals surface area (Å²) in [5.74, 6) is -0.0333. The molecular formula is C6H7BrN2O3. The number of aromatic hydroxyl groups is 1. The summed E-state index contributed by atoms with van der Waals surface area (Å²) in [4.78, 5) is 17.0. The van der Waals surface area contributed by atoms with Crippen LogP contribution < -0.4 is 5.56 Å². The van der Waals surface area contributed by atoms with Crippen LogP contribution in [0.15, 0.2) is 9.27 Å². The van der Waals surface area contributed by atoms with E-state index in [4.69, 9.17) is 9.84 Å². The lowest BCUT2D eigenvalue weighted by Gasteiger charge is -1.99. The Balaban J connectivity index is 3.13. The van der Waals surface area contributed by atoms with E-state index in [0.717, 1.165) is 0 Å². The molecule has 0 spiro atoms. The zero-order valence-corrected chi connectivity index (χ0v) is 7.88. The smallest absolute Gasteiger partial charge is 0.269 e. The summed E-state index contributed by atoms with van der Waals surface area (Å²) in [6.45, 7) is 0.163. The Morgan fingerprint density at radius 2 is 2.42 bits per heavy atom. The van der Waals surface area contributed by atoms with Crippen LogP contribution in [0, 0.1) is 0 Å².